The highest BCUT2D eigenvalue weighted by atomic mass is 15.2. The number of rotatable bonds is 9. The molecule has 2 aliphatic rings. The third kappa shape index (κ3) is 10.2. The van der Waals surface area contributed by atoms with Crippen LogP contribution in [0.2, 0.25) is 0 Å². The zero-order chi connectivity index (χ0) is 64.6. The maximum atomic E-state index is 2.70. The molecular formula is C88H88BN3. The molecule has 0 unspecified atom stereocenters. The lowest BCUT2D eigenvalue weighted by molar-refractivity contribution is 0.570. The molecule has 0 aliphatic carbocycles. The second-order valence-corrected chi connectivity index (χ2v) is 31.5. The van der Waals surface area contributed by atoms with Gasteiger partial charge in [-0.15, -0.1) is 0 Å². The molecule has 0 bridgehead atoms. The molecule has 3 heterocycles. The van der Waals surface area contributed by atoms with Crippen LogP contribution in [0, 0.1) is 0 Å². The molecule has 2 aliphatic heterocycles. The third-order valence-corrected chi connectivity index (χ3v) is 20.5. The molecule has 458 valence electrons. The third-order valence-electron chi connectivity index (χ3n) is 20.5. The SMILES string of the molecule is CC(C)(C)c1cc(C(C)(C)C)c2c3c(C(C)(C)C)cc(C(C)(C)C)cc3n(-c3cc4c5c(c3)N(c3ccc(C(C)(C)c6ccccc6)cc3)c3ccc(C(C)(C)c6ccccc6)cc3B5c3cc(-c5ccccc5)ccc3N4c3ccc(-c4ccccc4)cc3)c2c1. The first-order chi connectivity index (χ1) is 43.7. The molecule has 4 heteroatoms. The van der Waals surface area contributed by atoms with Gasteiger partial charge >= 0.3 is 0 Å². The van der Waals surface area contributed by atoms with Gasteiger partial charge in [0.05, 0.1) is 16.7 Å². The van der Waals surface area contributed by atoms with E-state index in [1.54, 1.807) is 0 Å². The van der Waals surface area contributed by atoms with Crippen molar-refractivity contribution in [3.05, 3.63) is 287 Å². The predicted molar refractivity (Wildman–Crippen MR) is 398 cm³/mol. The molecule has 0 radical (unpaired) electrons. The summed E-state index contributed by atoms with van der Waals surface area (Å²) in [6.45, 7) is 38.1. The summed E-state index contributed by atoms with van der Waals surface area (Å²) < 4.78 is 2.70. The zero-order valence-corrected chi connectivity index (χ0v) is 57.0. The monoisotopic (exact) mass is 1200 g/mol. The molecule has 11 aromatic carbocycles. The molecule has 0 fully saturated rings. The van der Waals surface area contributed by atoms with Crippen molar-refractivity contribution in [3.8, 4) is 27.9 Å². The van der Waals surface area contributed by atoms with Crippen LogP contribution in [0.3, 0.4) is 0 Å². The maximum absolute atomic E-state index is 2.70. The van der Waals surface area contributed by atoms with Crippen molar-refractivity contribution >= 4 is 79.0 Å². The van der Waals surface area contributed by atoms with Gasteiger partial charge in [-0.05, 0) is 165 Å². The van der Waals surface area contributed by atoms with Crippen molar-refractivity contribution in [3.63, 3.8) is 0 Å². The number of hydrogen-bond donors (Lipinski definition) is 0. The maximum Gasteiger partial charge on any atom is 0.252 e. The van der Waals surface area contributed by atoms with Crippen molar-refractivity contribution in [2.24, 2.45) is 0 Å². The molecule has 3 nitrogen and oxygen atoms in total. The van der Waals surface area contributed by atoms with Crippen molar-refractivity contribution in [1.29, 1.82) is 0 Å². The Labute approximate surface area is 548 Å². The van der Waals surface area contributed by atoms with Crippen LogP contribution in [-0.4, -0.2) is 11.3 Å². The van der Waals surface area contributed by atoms with Gasteiger partial charge in [0.2, 0.25) is 0 Å². The molecule has 0 saturated heterocycles. The molecule has 0 spiro atoms. The van der Waals surface area contributed by atoms with E-state index in [1.807, 2.05) is 0 Å². The van der Waals surface area contributed by atoms with E-state index in [1.165, 1.54) is 128 Å². The number of aromatic nitrogens is 1. The van der Waals surface area contributed by atoms with Crippen LogP contribution < -0.4 is 26.2 Å². The summed E-state index contributed by atoms with van der Waals surface area (Å²) in [4.78, 5) is 5.24. The Balaban J connectivity index is 1.15. The number of nitrogens with zero attached hydrogens (tertiary/aromatic N) is 3. The van der Waals surface area contributed by atoms with Crippen LogP contribution in [0.1, 0.15) is 155 Å². The van der Waals surface area contributed by atoms with Gasteiger partial charge in [0.15, 0.2) is 0 Å². The summed E-state index contributed by atoms with van der Waals surface area (Å²) in [6.07, 6.45) is 0. The smallest absolute Gasteiger partial charge is 0.252 e. The van der Waals surface area contributed by atoms with E-state index in [0.29, 0.717) is 0 Å². The molecule has 0 saturated carbocycles. The van der Waals surface area contributed by atoms with Crippen molar-refractivity contribution in [1.82, 2.24) is 4.57 Å². The Morgan fingerprint density at radius 2 is 0.620 bits per heavy atom. The van der Waals surface area contributed by atoms with Gasteiger partial charge in [-0.2, -0.15) is 0 Å². The number of anilines is 6. The summed E-state index contributed by atoms with van der Waals surface area (Å²) in [6, 6.07) is 92.9. The second-order valence-electron chi connectivity index (χ2n) is 31.5. The molecule has 92 heavy (non-hydrogen) atoms. The first-order valence-electron chi connectivity index (χ1n) is 33.4. The Morgan fingerprint density at radius 3 is 1.07 bits per heavy atom. The molecule has 0 atom stereocenters. The fourth-order valence-electron chi connectivity index (χ4n) is 15.0. The van der Waals surface area contributed by atoms with E-state index in [4.69, 9.17) is 0 Å². The molecule has 0 N–H and O–H groups in total. The summed E-state index contributed by atoms with van der Waals surface area (Å²) >= 11 is 0. The number of fused-ring (bicyclic) bond motifs is 7. The summed E-state index contributed by atoms with van der Waals surface area (Å²) in [5.41, 5.74) is 28.6. The normalized spacial score (nSPS) is 13.6. The van der Waals surface area contributed by atoms with Gasteiger partial charge in [0.25, 0.3) is 6.71 Å². The van der Waals surface area contributed by atoms with Crippen LogP contribution in [-0.2, 0) is 32.5 Å². The fraction of sp³-hybridized carbons (Fsp3) is 0.250. The van der Waals surface area contributed by atoms with E-state index in [2.05, 4.69) is 368 Å². The lowest BCUT2D eigenvalue weighted by Crippen LogP contribution is -2.61. The first kappa shape index (κ1) is 60.4. The Morgan fingerprint density at radius 1 is 0.261 bits per heavy atom. The average molecular weight is 1200 g/mol. The zero-order valence-electron chi connectivity index (χ0n) is 57.0. The highest BCUT2D eigenvalue weighted by Gasteiger charge is 2.45. The summed E-state index contributed by atoms with van der Waals surface area (Å²) in [7, 11) is 0. The fourth-order valence-corrected chi connectivity index (χ4v) is 15.0. The lowest BCUT2D eigenvalue weighted by Gasteiger charge is -2.45. The van der Waals surface area contributed by atoms with E-state index in [-0.39, 0.29) is 39.2 Å². The largest absolute Gasteiger partial charge is 0.311 e. The quantitative estimate of drug-likeness (QED) is 0.133. The minimum absolute atomic E-state index is 0.130. The van der Waals surface area contributed by atoms with Crippen molar-refractivity contribution < 1.29 is 0 Å². The Hall–Kier alpha value is -9.12. The van der Waals surface area contributed by atoms with Crippen LogP contribution in [0.4, 0.5) is 34.1 Å². The molecule has 14 rings (SSSR count). The van der Waals surface area contributed by atoms with Crippen LogP contribution in [0.15, 0.2) is 243 Å². The molecule has 1 aromatic heterocycles. The van der Waals surface area contributed by atoms with E-state index >= 15 is 0 Å². The topological polar surface area (TPSA) is 11.4 Å². The van der Waals surface area contributed by atoms with Crippen LogP contribution in [0.5, 0.6) is 0 Å². The van der Waals surface area contributed by atoms with Crippen molar-refractivity contribution in [2.75, 3.05) is 9.80 Å². The predicted octanol–water partition coefficient (Wildman–Crippen LogP) is 22.0. The summed E-state index contributed by atoms with van der Waals surface area (Å²) in [5, 5.41) is 2.68. The van der Waals surface area contributed by atoms with E-state index in [9.17, 15) is 0 Å². The van der Waals surface area contributed by atoms with Crippen LogP contribution >= 0.6 is 0 Å². The number of benzene rings is 11. The average Bonchev–Trinajstić information content (AvgIpc) is 1.03. The highest BCUT2D eigenvalue weighted by molar-refractivity contribution is 7.00. The standard InChI is InChI=1S/C88H88BN3/c1-83(2,3)65-50-70(85(7,8)9)80-76(53-65)92(77-54-66(84(4,5)6)51-71(81(77)80)86(10,11)12)69-55-78-82-79(56-69)91(68-45-40-63(41-46-68)87(13,14)61-33-25-19-26-34-61)75-48-42-64(88(15,16)62-35-27-20-28-36-62)52-73(75)89(82)72-49-60(58-31-23-18-24-32-58)39-47-74(72)90(78)67-43-37-59(38-44-67)57-29-21-17-22-30-57/h17-56H,1-16H3. The van der Waals surface area contributed by atoms with Gasteiger partial charge in [0, 0.05) is 55.7 Å². The first-order valence-corrected chi connectivity index (χ1v) is 33.4. The molecular weight excluding hydrogens is 1110 g/mol. The summed E-state index contributed by atoms with van der Waals surface area (Å²) in [5.74, 6) is 0. The second kappa shape index (κ2) is 21.8. The highest BCUT2D eigenvalue weighted by Crippen LogP contribution is 2.51. The number of hydrogen-bond acceptors (Lipinski definition) is 2. The van der Waals surface area contributed by atoms with Crippen LogP contribution in [0.25, 0.3) is 49.7 Å². The minimum atomic E-state index is -0.305. The Bertz CT molecular complexity index is 4700. The minimum Gasteiger partial charge on any atom is -0.311 e. The van der Waals surface area contributed by atoms with Crippen molar-refractivity contribution in [2.45, 2.75) is 143 Å². The molecule has 12 aromatic rings. The molecule has 0 amide bonds. The van der Waals surface area contributed by atoms with Gasteiger partial charge in [-0.25, -0.2) is 0 Å². The van der Waals surface area contributed by atoms with E-state index in [0.717, 1.165) is 17.1 Å². The van der Waals surface area contributed by atoms with Gasteiger partial charge < -0.3 is 14.4 Å². The Kier molecular flexibility index (Phi) is 14.3. The van der Waals surface area contributed by atoms with E-state index < -0.39 is 0 Å². The van der Waals surface area contributed by atoms with Gasteiger partial charge in [-0.1, -0.05) is 293 Å². The van der Waals surface area contributed by atoms with Gasteiger partial charge in [-0.3, -0.25) is 0 Å². The van der Waals surface area contributed by atoms with Gasteiger partial charge in [0.1, 0.15) is 0 Å². The lowest BCUT2D eigenvalue weighted by atomic mass is 9.33.